The highest BCUT2D eigenvalue weighted by molar-refractivity contribution is 5.90. The summed E-state index contributed by atoms with van der Waals surface area (Å²) in [6, 6.07) is 9.07. The van der Waals surface area contributed by atoms with E-state index < -0.39 is 6.10 Å². The Balaban J connectivity index is 1.58. The summed E-state index contributed by atoms with van der Waals surface area (Å²) in [5.74, 6) is 0.222. The molecule has 2 aromatic carbocycles. The zero-order valence-corrected chi connectivity index (χ0v) is 17.4. The Morgan fingerprint density at radius 3 is 2.90 bits per heavy atom. The average Bonchev–Trinajstić information content (AvgIpc) is 3.60. The fraction of sp³-hybridized carbons (Fsp3) is 0.522. The van der Waals surface area contributed by atoms with Gasteiger partial charge in [-0.2, -0.15) is 0 Å². The highest BCUT2D eigenvalue weighted by Gasteiger charge is 2.37. The van der Waals surface area contributed by atoms with Crippen molar-refractivity contribution >= 4 is 16.7 Å². The second-order valence-corrected chi connectivity index (χ2v) is 7.89. The van der Waals surface area contributed by atoms with E-state index in [4.69, 9.17) is 14.2 Å². The Bertz CT molecular complexity index is 881. The Morgan fingerprint density at radius 1 is 1.30 bits per heavy atom. The minimum absolute atomic E-state index is 0.0200. The van der Waals surface area contributed by atoms with Crippen LogP contribution in [0.3, 0.4) is 0 Å². The van der Waals surface area contributed by atoms with Gasteiger partial charge in [-0.1, -0.05) is 12.1 Å². The highest BCUT2D eigenvalue weighted by Crippen LogP contribution is 2.34. The first-order chi connectivity index (χ1) is 14.7. The van der Waals surface area contributed by atoms with E-state index in [2.05, 4.69) is 5.32 Å². The van der Waals surface area contributed by atoms with Gasteiger partial charge in [-0.3, -0.25) is 4.79 Å². The zero-order valence-electron chi connectivity index (χ0n) is 17.4. The van der Waals surface area contributed by atoms with Gasteiger partial charge >= 0.3 is 0 Å². The number of carbonyl (C=O) groups excluding carboxylic acids is 1. The summed E-state index contributed by atoms with van der Waals surface area (Å²) in [5, 5.41) is 4.47. The molecule has 1 heterocycles. The number of nitrogens with zero attached hydrogens (tertiary/aromatic N) is 1. The van der Waals surface area contributed by atoms with Gasteiger partial charge in [0.15, 0.2) is 0 Å². The predicted octanol–water partition coefficient (Wildman–Crippen LogP) is 2.87. The van der Waals surface area contributed by atoms with Crippen molar-refractivity contribution in [3.63, 3.8) is 0 Å². The molecule has 1 aliphatic heterocycles. The van der Waals surface area contributed by atoms with Crippen LogP contribution >= 0.6 is 0 Å². The van der Waals surface area contributed by atoms with E-state index in [9.17, 15) is 9.18 Å². The smallest absolute Gasteiger partial charge is 0.253 e. The molecule has 2 aliphatic rings. The van der Waals surface area contributed by atoms with Gasteiger partial charge < -0.3 is 24.4 Å². The van der Waals surface area contributed by atoms with Crippen molar-refractivity contribution in [2.45, 2.75) is 38.0 Å². The summed E-state index contributed by atoms with van der Waals surface area (Å²) in [4.78, 5) is 15.0. The Hall–Kier alpha value is -2.22. The molecule has 1 saturated heterocycles. The highest BCUT2D eigenvalue weighted by atomic mass is 19.1. The fourth-order valence-electron chi connectivity index (χ4n) is 3.87. The fourth-order valence-corrected chi connectivity index (χ4v) is 3.87. The maximum Gasteiger partial charge on any atom is 0.253 e. The second-order valence-electron chi connectivity index (χ2n) is 7.89. The van der Waals surface area contributed by atoms with Gasteiger partial charge in [-0.25, -0.2) is 4.39 Å². The van der Waals surface area contributed by atoms with Crippen molar-refractivity contribution in [2.75, 3.05) is 40.0 Å². The van der Waals surface area contributed by atoms with Crippen LogP contribution in [-0.4, -0.2) is 63.0 Å². The minimum Gasteiger partial charge on any atom is -0.493 e. The van der Waals surface area contributed by atoms with Gasteiger partial charge in [0.1, 0.15) is 17.7 Å². The number of hydrogen-bond acceptors (Lipinski definition) is 5. The molecule has 0 aromatic heterocycles. The van der Waals surface area contributed by atoms with E-state index in [1.807, 2.05) is 23.1 Å². The van der Waals surface area contributed by atoms with E-state index in [1.54, 1.807) is 13.2 Å². The van der Waals surface area contributed by atoms with Gasteiger partial charge in [0.2, 0.25) is 0 Å². The lowest BCUT2D eigenvalue weighted by molar-refractivity contribution is -0.146. The lowest BCUT2D eigenvalue weighted by Gasteiger charge is -2.30. The van der Waals surface area contributed by atoms with Crippen LogP contribution in [0.5, 0.6) is 5.75 Å². The van der Waals surface area contributed by atoms with Crippen LogP contribution in [0.4, 0.5) is 4.39 Å². The molecule has 1 saturated carbocycles. The summed E-state index contributed by atoms with van der Waals surface area (Å²) in [6.07, 6.45) is 2.29. The van der Waals surface area contributed by atoms with E-state index in [1.165, 1.54) is 6.07 Å². The molecule has 4 rings (SSSR count). The molecule has 0 radical (unpaired) electrons. The molecule has 1 amide bonds. The summed E-state index contributed by atoms with van der Waals surface area (Å²) in [7, 11) is 1.64. The van der Waals surface area contributed by atoms with Crippen molar-refractivity contribution in [2.24, 2.45) is 0 Å². The SMILES string of the molecule is COCCCOc1cc(CN(C(=O)[C@H]2CNCCO2)C2CC2)cc2cccc(F)c12. The molecule has 6 nitrogen and oxygen atoms in total. The first kappa shape index (κ1) is 21.0. The molecule has 162 valence electrons. The van der Waals surface area contributed by atoms with Crippen molar-refractivity contribution in [3.8, 4) is 5.75 Å². The van der Waals surface area contributed by atoms with Crippen molar-refractivity contribution in [1.29, 1.82) is 0 Å². The molecule has 1 aliphatic carbocycles. The molecule has 30 heavy (non-hydrogen) atoms. The van der Waals surface area contributed by atoms with Crippen molar-refractivity contribution in [3.05, 3.63) is 41.7 Å². The van der Waals surface area contributed by atoms with Gasteiger partial charge in [0, 0.05) is 45.8 Å². The molecule has 0 spiro atoms. The normalized spacial score (nSPS) is 19.1. The third kappa shape index (κ3) is 4.91. The average molecular weight is 416 g/mol. The molecule has 7 heteroatoms. The molecule has 1 atom stereocenters. The monoisotopic (exact) mass is 416 g/mol. The lowest BCUT2D eigenvalue weighted by Crippen LogP contribution is -2.49. The van der Waals surface area contributed by atoms with Crippen LogP contribution in [0.2, 0.25) is 0 Å². The molecule has 1 N–H and O–H groups in total. The summed E-state index contributed by atoms with van der Waals surface area (Å²) >= 11 is 0. The van der Waals surface area contributed by atoms with Gasteiger partial charge in [-0.05, 0) is 42.0 Å². The van der Waals surface area contributed by atoms with Gasteiger partial charge in [0.05, 0.1) is 18.6 Å². The van der Waals surface area contributed by atoms with E-state index in [-0.39, 0.29) is 17.8 Å². The Kier molecular flexibility index (Phi) is 6.82. The molecular weight excluding hydrogens is 387 g/mol. The number of rotatable bonds is 9. The molecule has 2 aromatic rings. The zero-order chi connectivity index (χ0) is 20.9. The van der Waals surface area contributed by atoms with Crippen LogP contribution in [0.25, 0.3) is 10.8 Å². The Morgan fingerprint density at radius 2 is 2.17 bits per heavy atom. The molecule has 0 bridgehead atoms. The largest absolute Gasteiger partial charge is 0.493 e. The third-order valence-electron chi connectivity index (χ3n) is 5.53. The number of fused-ring (bicyclic) bond motifs is 1. The summed E-state index contributed by atoms with van der Waals surface area (Å²) < 4.78 is 31.2. The number of benzene rings is 2. The maximum absolute atomic E-state index is 14.5. The molecular formula is C23H29FN2O4. The number of nitrogens with one attached hydrogen (secondary N) is 1. The number of methoxy groups -OCH3 is 1. The van der Waals surface area contributed by atoms with Crippen LogP contribution in [0.15, 0.2) is 30.3 Å². The molecule has 2 fully saturated rings. The standard InChI is InChI=1S/C23H29FN2O4/c1-28-9-3-10-29-20-13-16(12-17-4-2-5-19(24)22(17)20)15-26(18-6-7-18)23(27)21-14-25-8-11-30-21/h2,4-5,12-13,18,21,25H,3,6-11,14-15H2,1H3/t21-/m1/s1. The van der Waals surface area contributed by atoms with Crippen LogP contribution in [0, 0.1) is 5.82 Å². The second kappa shape index (κ2) is 9.73. The number of carbonyl (C=O) groups is 1. The van der Waals surface area contributed by atoms with Gasteiger partial charge in [0.25, 0.3) is 5.91 Å². The first-order valence-corrected chi connectivity index (χ1v) is 10.6. The van der Waals surface area contributed by atoms with Gasteiger partial charge in [-0.15, -0.1) is 0 Å². The molecule has 0 unspecified atom stereocenters. The van der Waals surface area contributed by atoms with E-state index in [0.717, 1.165) is 36.8 Å². The number of morpholine rings is 1. The number of ether oxygens (including phenoxy) is 3. The number of hydrogen-bond donors (Lipinski definition) is 1. The number of halogens is 1. The number of amides is 1. The van der Waals surface area contributed by atoms with Crippen molar-refractivity contribution in [1.82, 2.24) is 10.2 Å². The topological polar surface area (TPSA) is 60.0 Å². The van der Waals surface area contributed by atoms with E-state index >= 15 is 0 Å². The third-order valence-corrected chi connectivity index (χ3v) is 5.53. The van der Waals surface area contributed by atoms with Crippen molar-refractivity contribution < 1.29 is 23.4 Å². The summed E-state index contributed by atoms with van der Waals surface area (Å²) in [6.45, 7) is 3.34. The quantitative estimate of drug-likeness (QED) is 0.637. The minimum atomic E-state index is -0.443. The van der Waals surface area contributed by atoms with Crippen LogP contribution < -0.4 is 10.1 Å². The lowest BCUT2D eigenvalue weighted by atomic mass is 10.0. The predicted molar refractivity (Wildman–Crippen MR) is 112 cm³/mol. The maximum atomic E-state index is 14.5. The van der Waals surface area contributed by atoms with E-state index in [0.29, 0.717) is 44.0 Å². The summed E-state index contributed by atoms with van der Waals surface area (Å²) in [5.41, 5.74) is 0.930. The van der Waals surface area contributed by atoms with Crippen LogP contribution in [0.1, 0.15) is 24.8 Å². The van der Waals surface area contributed by atoms with Crippen LogP contribution in [-0.2, 0) is 20.8 Å². The first-order valence-electron chi connectivity index (χ1n) is 10.6. The Labute approximate surface area is 176 Å².